The summed E-state index contributed by atoms with van der Waals surface area (Å²) < 4.78 is 32.1. The summed E-state index contributed by atoms with van der Waals surface area (Å²) in [6.45, 7) is 3.77. The highest BCUT2D eigenvalue weighted by Gasteiger charge is 2.10. The molecule has 27 heavy (non-hydrogen) atoms. The Balaban J connectivity index is 1.70. The number of fused-ring (bicyclic) bond motifs is 1. The zero-order chi connectivity index (χ0) is 19.6. The number of esters is 1. The first-order valence-corrected chi connectivity index (χ1v) is 10.7. The number of ether oxygens (including phenoxy) is 1. The predicted octanol–water partition coefficient (Wildman–Crippen LogP) is 5.70. The van der Waals surface area contributed by atoms with Crippen molar-refractivity contribution in [2.24, 2.45) is 0 Å². The third kappa shape index (κ3) is 7.07. The van der Waals surface area contributed by atoms with E-state index >= 15 is 0 Å². The van der Waals surface area contributed by atoms with Crippen LogP contribution < -0.4 is 4.74 Å². The molecule has 0 N–H and O–H groups in total. The van der Waals surface area contributed by atoms with Gasteiger partial charge < -0.3 is 4.74 Å². The van der Waals surface area contributed by atoms with Crippen molar-refractivity contribution in [1.82, 2.24) is 0 Å². The van der Waals surface area contributed by atoms with Gasteiger partial charge in [-0.25, -0.2) is 13.6 Å². The molecule has 0 aliphatic rings. The minimum Gasteiger partial charge on any atom is -0.463 e. The summed E-state index contributed by atoms with van der Waals surface area (Å²) in [6, 6.07) is 3.76. The van der Waals surface area contributed by atoms with Crippen LogP contribution in [0.4, 0.5) is 8.78 Å². The quantitative estimate of drug-likeness (QED) is 0.205. The maximum Gasteiger partial charge on any atom is 0.330 e. The van der Waals surface area contributed by atoms with E-state index in [-0.39, 0.29) is 10.7 Å². The average Bonchev–Trinajstić information content (AvgIpc) is 2.64. The van der Waals surface area contributed by atoms with Crippen LogP contribution in [-0.2, 0) is 9.53 Å². The van der Waals surface area contributed by atoms with E-state index in [0.717, 1.165) is 67.8 Å². The number of carbonyl (C=O) groups excluding carboxylic acids is 1. The van der Waals surface area contributed by atoms with Crippen molar-refractivity contribution in [2.75, 3.05) is 12.4 Å². The van der Waals surface area contributed by atoms with E-state index in [2.05, 4.69) is 6.58 Å². The fraction of sp³-hybridized carbons (Fsp3) is 0.400. The van der Waals surface area contributed by atoms with Gasteiger partial charge in [-0.05, 0) is 30.7 Å². The lowest BCUT2D eigenvalue weighted by Crippen LogP contribution is -2.01. The van der Waals surface area contributed by atoms with E-state index in [0.29, 0.717) is 21.6 Å². The maximum absolute atomic E-state index is 13.5. The molecular weight excluding hydrogens is 390 g/mol. The standard InChI is InChI=1S/C20H22F2O3S2/c1-2-19(23)25-9-7-5-3-4-6-8-10-26-17-13-20(24)27-18-12-16(22)15(21)11-14(17)18/h2,11-13H,1,3-10H2. The first kappa shape index (κ1) is 21.6. The van der Waals surface area contributed by atoms with Gasteiger partial charge in [0.2, 0.25) is 4.74 Å². The van der Waals surface area contributed by atoms with Gasteiger partial charge in [0.15, 0.2) is 11.6 Å². The Kier molecular flexibility index (Phi) is 8.94. The van der Waals surface area contributed by atoms with Crippen LogP contribution in [0, 0.1) is 11.6 Å². The number of rotatable bonds is 11. The molecule has 1 aromatic heterocycles. The summed E-state index contributed by atoms with van der Waals surface area (Å²) in [5.41, 5.74) is 0. The fourth-order valence-electron chi connectivity index (χ4n) is 2.57. The van der Waals surface area contributed by atoms with E-state index in [1.54, 1.807) is 0 Å². The molecule has 0 amide bonds. The molecular formula is C20H22F2O3S2. The Hall–Kier alpha value is -1.73. The Morgan fingerprint density at radius 2 is 1.74 bits per heavy atom. The molecule has 7 heteroatoms. The highest BCUT2D eigenvalue weighted by Crippen LogP contribution is 2.30. The summed E-state index contributed by atoms with van der Waals surface area (Å²) in [4.78, 5) is 23.4. The molecule has 0 spiro atoms. The largest absolute Gasteiger partial charge is 0.463 e. The van der Waals surface area contributed by atoms with Crippen LogP contribution in [-0.4, -0.2) is 18.3 Å². The van der Waals surface area contributed by atoms with Crippen LogP contribution in [0.15, 0.2) is 40.5 Å². The highest BCUT2D eigenvalue weighted by molar-refractivity contribution is 7.99. The zero-order valence-corrected chi connectivity index (χ0v) is 16.6. The summed E-state index contributed by atoms with van der Waals surface area (Å²) in [6.07, 6.45) is 7.21. The second-order valence-electron chi connectivity index (χ2n) is 6.03. The Morgan fingerprint density at radius 3 is 2.48 bits per heavy atom. The van der Waals surface area contributed by atoms with Crippen molar-refractivity contribution in [3.63, 3.8) is 0 Å². The average molecular weight is 413 g/mol. The Bertz CT molecular complexity index is 849. The number of carbonyl (C=O) groups is 1. The van der Waals surface area contributed by atoms with Gasteiger partial charge in [-0.2, -0.15) is 0 Å². The van der Waals surface area contributed by atoms with Gasteiger partial charge in [0.1, 0.15) is 0 Å². The number of thioether (sulfide) groups is 1. The summed E-state index contributed by atoms with van der Waals surface area (Å²) in [5.74, 6) is -1.39. The number of unbranched alkanes of at least 4 members (excludes halogenated alkanes) is 5. The second-order valence-corrected chi connectivity index (χ2v) is 8.22. The summed E-state index contributed by atoms with van der Waals surface area (Å²) in [7, 11) is 0. The molecule has 0 bridgehead atoms. The predicted molar refractivity (Wildman–Crippen MR) is 108 cm³/mol. The molecule has 146 valence electrons. The minimum absolute atomic E-state index is 0.159. The van der Waals surface area contributed by atoms with Crippen LogP contribution in [0.1, 0.15) is 38.5 Å². The van der Waals surface area contributed by atoms with Crippen molar-refractivity contribution >= 4 is 39.2 Å². The van der Waals surface area contributed by atoms with Crippen molar-refractivity contribution in [1.29, 1.82) is 0 Å². The first-order valence-electron chi connectivity index (χ1n) is 8.86. The molecule has 1 aromatic carbocycles. The molecule has 0 unspecified atom stereocenters. The summed E-state index contributed by atoms with van der Waals surface area (Å²) >= 11 is 2.43. The number of hydrogen-bond acceptors (Lipinski definition) is 5. The van der Waals surface area contributed by atoms with E-state index in [4.69, 9.17) is 4.74 Å². The Labute approximate surface area is 165 Å². The normalized spacial score (nSPS) is 10.9. The molecule has 0 fully saturated rings. The van der Waals surface area contributed by atoms with E-state index < -0.39 is 11.6 Å². The molecule has 0 aliphatic heterocycles. The molecule has 3 nitrogen and oxygen atoms in total. The van der Waals surface area contributed by atoms with Gasteiger partial charge in [0.05, 0.1) is 6.61 Å². The lowest BCUT2D eigenvalue weighted by Gasteiger charge is -2.06. The van der Waals surface area contributed by atoms with Gasteiger partial charge in [0.25, 0.3) is 0 Å². The minimum atomic E-state index is -0.931. The maximum atomic E-state index is 13.5. The fourth-order valence-corrected chi connectivity index (χ4v) is 4.63. The van der Waals surface area contributed by atoms with Crippen LogP contribution >= 0.6 is 23.1 Å². The van der Waals surface area contributed by atoms with Gasteiger partial charge in [0, 0.05) is 27.1 Å². The van der Waals surface area contributed by atoms with Crippen molar-refractivity contribution in [2.45, 2.75) is 43.4 Å². The smallest absolute Gasteiger partial charge is 0.330 e. The van der Waals surface area contributed by atoms with Crippen LogP contribution in [0.2, 0.25) is 0 Å². The van der Waals surface area contributed by atoms with Crippen LogP contribution in [0.25, 0.3) is 10.1 Å². The number of hydrogen-bond donors (Lipinski definition) is 0. The van der Waals surface area contributed by atoms with Crippen molar-refractivity contribution < 1.29 is 18.3 Å². The van der Waals surface area contributed by atoms with Gasteiger partial charge >= 0.3 is 5.97 Å². The molecule has 0 saturated carbocycles. The lowest BCUT2D eigenvalue weighted by atomic mass is 10.1. The summed E-state index contributed by atoms with van der Waals surface area (Å²) in [5, 5.41) is 0.595. The molecule has 0 radical (unpaired) electrons. The third-order valence-corrected chi connectivity index (χ3v) is 5.97. The monoisotopic (exact) mass is 412 g/mol. The molecule has 0 atom stereocenters. The molecule has 2 rings (SSSR count). The molecule has 0 saturated heterocycles. The SMILES string of the molecule is C=CC(=O)OCCCCCCCCSc1cc(=O)sc2cc(F)c(F)cc12. The highest BCUT2D eigenvalue weighted by atomic mass is 32.2. The van der Waals surface area contributed by atoms with Crippen LogP contribution in [0.5, 0.6) is 0 Å². The molecule has 0 aliphatic carbocycles. The lowest BCUT2D eigenvalue weighted by molar-refractivity contribution is -0.137. The van der Waals surface area contributed by atoms with E-state index in [1.165, 1.54) is 23.9 Å². The van der Waals surface area contributed by atoms with Crippen LogP contribution in [0.3, 0.4) is 0 Å². The van der Waals surface area contributed by atoms with Crippen molar-refractivity contribution in [3.8, 4) is 0 Å². The van der Waals surface area contributed by atoms with E-state index in [9.17, 15) is 18.4 Å². The molecule has 1 heterocycles. The zero-order valence-electron chi connectivity index (χ0n) is 15.0. The second kappa shape index (κ2) is 11.2. The van der Waals surface area contributed by atoms with E-state index in [1.807, 2.05) is 0 Å². The third-order valence-electron chi connectivity index (χ3n) is 3.95. The molecule has 2 aromatic rings. The number of benzene rings is 1. The first-order chi connectivity index (χ1) is 13.0. The van der Waals surface area contributed by atoms with Gasteiger partial charge in [-0.1, -0.05) is 43.6 Å². The Morgan fingerprint density at radius 1 is 1.07 bits per heavy atom. The van der Waals surface area contributed by atoms with Crippen molar-refractivity contribution in [3.05, 3.63) is 52.0 Å². The number of halogens is 2. The van der Waals surface area contributed by atoms with Gasteiger partial charge in [-0.3, -0.25) is 4.79 Å². The van der Waals surface area contributed by atoms with Gasteiger partial charge in [-0.15, -0.1) is 11.8 Å². The topological polar surface area (TPSA) is 43.4 Å².